The van der Waals surface area contributed by atoms with Crippen molar-refractivity contribution >= 4 is 11.7 Å². The summed E-state index contributed by atoms with van der Waals surface area (Å²) < 4.78 is 5.07. The first-order valence-corrected chi connectivity index (χ1v) is 6.65. The Balaban J connectivity index is 4.31. The maximum atomic E-state index is 11.8. The molecule has 9 heteroatoms. The standard InChI is InChI=1S/C13H23NO8/c1-3-9(17)14-4-5-22-7(2)10(18)12(20)13(21)11(19)8(16)6-15/h3,7-8,11-13,15-16,19-21H,1,4-6H2,2H3,(H,14,17)/t7?,8-,11-,12+,13+/m1/s1. The molecule has 0 radical (unpaired) electrons. The molecule has 0 spiro atoms. The zero-order chi connectivity index (χ0) is 17.3. The van der Waals surface area contributed by atoms with E-state index < -0.39 is 48.8 Å². The average Bonchev–Trinajstić information content (AvgIpc) is 2.54. The molecule has 1 amide bonds. The molecule has 128 valence electrons. The van der Waals surface area contributed by atoms with E-state index >= 15 is 0 Å². The van der Waals surface area contributed by atoms with Crippen molar-refractivity contribution in [3.05, 3.63) is 12.7 Å². The minimum absolute atomic E-state index is 0.0167. The van der Waals surface area contributed by atoms with Gasteiger partial charge in [-0.15, -0.1) is 0 Å². The Bertz CT molecular complexity index is 375. The first-order chi connectivity index (χ1) is 10.3. The number of carbonyl (C=O) groups is 2. The molecule has 5 atom stereocenters. The van der Waals surface area contributed by atoms with Gasteiger partial charge in [-0.2, -0.15) is 0 Å². The van der Waals surface area contributed by atoms with Crippen molar-refractivity contribution in [2.75, 3.05) is 19.8 Å². The van der Waals surface area contributed by atoms with Gasteiger partial charge in [0.05, 0.1) is 13.2 Å². The number of Topliss-reactive ketones (excluding diaryl/α,β-unsaturated/α-hetero) is 1. The summed E-state index contributed by atoms with van der Waals surface area (Å²) in [7, 11) is 0. The molecule has 0 saturated carbocycles. The monoisotopic (exact) mass is 321 g/mol. The Morgan fingerprint density at radius 1 is 1.23 bits per heavy atom. The molecule has 1 unspecified atom stereocenters. The molecule has 0 bridgehead atoms. The lowest BCUT2D eigenvalue weighted by Crippen LogP contribution is -2.51. The summed E-state index contributed by atoms with van der Waals surface area (Å²) in [5, 5.41) is 48.8. The molecule has 0 aliphatic carbocycles. The Labute approximate surface area is 127 Å². The van der Waals surface area contributed by atoms with Crippen LogP contribution in [0.5, 0.6) is 0 Å². The normalized spacial score (nSPS) is 17.9. The molecule has 0 aromatic carbocycles. The van der Waals surface area contributed by atoms with Gasteiger partial charge in [-0.1, -0.05) is 6.58 Å². The van der Waals surface area contributed by atoms with Crippen LogP contribution >= 0.6 is 0 Å². The van der Waals surface area contributed by atoms with Crippen molar-refractivity contribution < 1.29 is 39.9 Å². The summed E-state index contributed by atoms with van der Waals surface area (Å²) in [6.45, 7) is 3.84. The third kappa shape index (κ3) is 6.60. The SMILES string of the molecule is C=CC(=O)NCCOC(C)C(=O)[C@H](O)[C@@H](O)[C@H](O)[C@H](O)CO. The highest BCUT2D eigenvalue weighted by atomic mass is 16.5. The van der Waals surface area contributed by atoms with Crippen LogP contribution in [0.2, 0.25) is 0 Å². The molecule has 0 rings (SSSR count). The molecule has 0 fully saturated rings. The Hall–Kier alpha value is -1.36. The van der Waals surface area contributed by atoms with Crippen LogP contribution < -0.4 is 5.32 Å². The highest BCUT2D eigenvalue weighted by Gasteiger charge is 2.36. The van der Waals surface area contributed by atoms with Gasteiger partial charge >= 0.3 is 0 Å². The van der Waals surface area contributed by atoms with Crippen LogP contribution in [0.3, 0.4) is 0 Å². The molecule has 0 aliphatic heterocycles. The van der Waals surface area contributed by atoms with Gasteiger partial charge in [-0.05, 0) is 13.0 Å². The number of ketones is 1. The highest BCUT2D eigenvalue weighted by molar-refractivity contribution is 5.87. The Kier molecular flexibility index (Phi) is 9.74. The lowest BCUT2D eigenvalue weighted by Gasteiger charge is -2.26. The first kappa shape index (κ1) is 20.6. The third-order valence-electron chi connectivity index (χ3n) is 2.90. The quantitative estimate of drug-likeness (QED) is 0.171. The van der Waals surface area contributed by atoms with E-state index in [0.29, 0.717) is 0 Å². The van der Waals surface area contributed by atoms with E-state index in [-0.39, 0.29) is 13.2 Å². The Morgan fingerprint density at radius 2 is 1.82 bits per heavy atom. The Morgan fingerprint density at radius 3 is 2.32 bits per heavy atom. The van der Waals surface area contributed by atoms with Gasteiger partial charge in [0.1, 0.15) is 30.5 Å². The molecular weight excluding hydrogens is 298 g/mol. The number of ether oxygens (including phenoxy) is 1. The van der Waals surface area contributed by atoms with E-state index in [9.17, 15) is 24.9 Å². The number of amides is 1. The summed E-state index contributed by atoms with van der Waals surface area (Å²) in [4.78, 5) is 22.6. The number of hydrogen-bond donors (Lipinski definition) is 6. The zero-order valence-corrected chi connectivity index (χ0v) is 12.3. The van der Waals surface area contributed by atoms with Crippen molar-refractivity contribution in [2.45, 2.75) is 37.4 Å². The first-order valence-electron chi connectivity index (χ1n) is 6.65. The van der Waals surface area contributed by atoms with Crippen molar-refractivity contribution in [1.82, 2.24) is 5.32 Å². The van der Waals surface area contributed by atoms with E-state index in [2.05, 4.69) is 11.9 Å². The highest BCUT2D eigenvalue weighted by Crippen LogP contribution is 2.09. The molecule has 9 nitrogen and oxygen atoms in total. The van der Waals surface area contributed by atoms with Crippen molar-refractivity contribution in [3.63, 3.8) is 0 Å². The van der Waals surface area contributed by atoms with Crippen molar-refractivity contribution in [1.29, 1.82) is 0 Å². The minimum Gasteiger partial charge on any atom is -0.394 e. The summed E-state index contributed by atoms with van der Waals surface area (Å²) >= 11 is 0. The smallest absolute Gasteiger partial charge is 0.243 e. The molecule has 0 aliphatic rings. The largest absolute Gasteiger partial charge is 0.394 e. The maximum absolute atomic E-state index is 11.8. The van der Waals surface area contributed by atoms with Crippen LogP contribution in [-0.4, -0.2) is 87.5 Å². The van der Waals surface area contributed by atoms with Crippen molar-refractivity contribution in [2.24, 2.45) is 0 Å². The van der Waals surface area contributed by atoms with Crippen LogP contribution in [-0.2, 0) is 14.3 Å². The number of carbonyl (C=O) groups excluding carboxylic acids is 2. The van der Waals surface area contributed by atoms with Gasteiger partial charge in [0, 0.05) is 6.54 Å². The van der Waals surface area contributed by atoms with E-state index in [1.807, 2.05) is 0 Å². The molecule has 0 heterocycles. The summed E-state index contributed by atoms with van der Waals surface area (Å²) in [5.41, 5.74) is 0. The van der Waals surface area contributed by atoms with Crippen LogP contribution in [0.4, 0.5) is 0 Å². The fourth-order valence-electron chi connectivity index (χ4n) is 1.50. The van der Waals surface area contributed by atoms with E-state index in [4.69, 9.17) is 14.9 Å². The van der Waals surface area contributed by atoms with Crippen LogP contribution in [0.15, 0.2) is 12.7 Å². The number of aliphatic hydroxyl groups is 5. The number of aliphatic hydroxyl groups excluding tert-OH is 5. The lowest BCUT2D eigenvalue weighted by atomic mass is 9.98. The average molecular weight is 321 g/mol. The number of rotatable bonds is 11. The van der Waals surface area contributed by atoms with Gasteiger partial charge in [0.2, 0.25) is 5.91 Å². The second-order valence-corrected chi connectivity index (χ2v) is 4.59. The molecule has 0 aromatic heterocycles. The summed E-state index contributed by atoms with van der Waals surface area (Å²) in [6, 6.07) is 0. The summed E-state index contributed by atoms with van der Waals surface area (Å²) in [6.07, 6.45) is -7.58. The number of nitrogens with one attached hydrogen (secondary N) is 1. The zero-order valence-electron chi connectivity index (χ0n) is 12.3. The number of hydrogen-bond acceptors (Lipinski definition) is 8. The van der Waals surface area contributed by atoms with E-state index in [1.54, 1.807) is 0 Å². The predicted molar refractivity (Wildman–Crippen MR) is 74.7 cm³/mol. The molecule has 0 aromatic rings. The third-order valence-corrected chi connectivity index (χ3v) is 2.90. The fraction of sp³-hybridized carbons (Fsp3) is 0.692. The predicted octanol–water partition coefficient (Wildman–Crippen LogP) is -3.30. The second-order valence-electron chi connectivity index (χ2n) is 4.59. The molecule has 0 saturated heterocycles. The van der Waals surface area contributed by atoms with Crippen LogP contribution in [0.25, 0.3) is 0 Å². The topological polar surface area (TPSA) is 157 Å². The second kappa shape index (κ2) is 10.4. The lowest BCUT2D eigenvalue weighted by molar-refractivity contribution is -0.155. The van der Waals surface area contributed by atoms with Crippen molar-refractivity contribution in [3.8, 4) is 0 Å². The molecule has 22 heavy (non-hydrogen) atoms. The molecule has 6 N–H and O–H groups in total. The van der Waals surface area contributed by atoms with Crippen LogP contribution in [0.1, 0.15) is 6.92 Å². The van der Waals surface area contributed by atoms with E-state index in [1.165, 1.54) is 6.92 Å². The van der Waals surface area contributed by atoms with Gasteiger partial charge in [-0.25, -0.2) is 0 Å². The van der Waals surface area contributed by atoms with E-state index in [0.717, 1.165) is 6.08 Å². The maximum Gasteiger partial charge on any atom is 0.243 e. The molecular formula is C13H23NO8. The summed E-state index contributed by atoms with van der Waals surface area (Å²) in [5.74, 6) is -1.31. The fourth-order valence-corrected chi connectivity index (χ4v) is 1.50. The van der Waals surface area contributed by atoms with Gasteiger partial charge in [-0.3, -0.25) is 9.59 Å². The van der Waals surface area contributed by atoms with Crippen LogP contribution in [0, 0.1) is 0 Å². The van der Waals surface area contributed by atoms with Gasteiger partial charge < -0.3 is 35.6 Å². The minimum atomic E-state index is -1.99. The van der Waals surface area contributed by atoms with Gasteiger partial charge in [0.15, 0.2) is 5.78 Å². The van der Waals surface area contributed by atoms with Gasteiger partial charge in [0.25, 0.3) is 0 Å².